The summed E-state index contributed by atoms with van der Waals surface area (Å²) >= 11 is 0. The van der Waals surface area contributed by atoms with Gasteiger partial charge in [0.2, 0.25) is 0 Å². The summed E-state index contributed by atoms with van der Waals surface area (Å²) in [7, 11) is 0. The molecule has 5 nitrogen and oxygen atoms in total. The van der Waals surface area contributed by atoms with Crippen LogP contribution in [-0.4, -0.2) is 16.1 Å². The Morgan fingerprint density at radius 2 is 1.47 bits per heavy atom. The number of carbonyl (C=O) groups excluding carboxylic acids is 1. The van der Waals surface area contributed by atoms with E-state index in [0.29, 0.717) is 16.9 Å². The van der Waals surface area contributed by atoms with Gasteiger partial charge in [0.05, 0.1) is 5.69 Å². The molecule has 0 spiro atoms. The van der Waals surface area contributed by atoms with Crippen molar-refractivity contribution >= 4 is 11.6 Å². The minimum atomic E-state index is -0.533. The third kappa shape index (κ3) is 3.78. The Labute approximate surface area is 174 Å². The highest BCUT2D eigenvalue weighted by atomic mass is 16.2. The summed E-state index contributed by atoms with van der Waals surface area (Å²) in [5.41, 5.74) is 4.95. The van der Waals surface area contributed by atoms with Crippen molar-refractivity contribution in [2.45, 2.75) is 13.8 Å². The van der Waals surface area contributed by atoms with Crippen LogP contribution in [0.5, 0.6) is 0 Å². The summed E-state index contributed by atoms with van der Waals surface area (Å²) in [5, 5.41) is 9.65. The van der Waals surface area contributed by atoms with Crippen molar-refractivity contribution in [3.8, 4) is 22.4 Å². The average molecular weight is 395 g/mol. The van der Waals surface area contributed by atoms with E-state index >= 15 is 0 Å². The molecule has 0 unspecified atom stereocenters. The van der Waals surface area contributed by atoms with Crippen LogP contribution >= 0.6 is 0 Å². The third-order valence-corrected chi connectivity index (χ3v) is 5.08. The predicted octanol–water partition coefficient (Wildman–Crippen LogP) is 4.97. The largest absolute Gasteiger partial charge is 0.322 e. The molecule has 0 aliphatic carbocycles. The third-order valence-electron chi connectivity index (χ3n) is 5.08. The fraction of sp³-hybridized carbons (Fsp3) is 0.0800. The maximum atomic E-state index is 13.2. The number of carbonyl (C=O) groups is 1. The number of amides is 1. The van der Waals surface area contributed by atoms with Crippen molar-refractivity contribution in [1.82, 2.24) is 10.2 Å². The average Bonchev–Trinajstić information content (AvgIpc) is 2.77. The van der Waals surface area contributed by atoms with Crippen LogP contribution in [0.3, 0.4) is 0 Å². The Morgan fingerprint density at radius 3 is 2.10 bits per heavy atom. The van der Waals surface area contributed by atoms with Gasteiger partial charge in [-0.1, -0.05) is 66.7 Å². The lowest BCUT2D eigenvalue weighted by Gasteiger charge is -2.14. The van der Waals surface area contributed by atoms with Crippen LogP contribution in [0, 0.1) is 13.8 Å². The highest BCUT2D eigenvalue weighted by Crippen LogP contribution is 2.32. The molecule has 4 aromatic rings. The van der Waals surface area contributed by atoms with E-state index in [-0.39, 0.29) is 5.56 Å². The molecule has 1 amide bonds. The van der Waals surface area contributed by atoms with Gasteiger partial charge in [0.25, 0.3) is 11.5 Å². The van der Waals surface area contributed by atoms with Gasteiger partial charge in [-0.3, -0.25) is 9.59 Å². The lowest BCUT2D eigenvalue weighted by molar-refractivity contribution is 0.102. The zero-order valence-electron chi connectivity index (χ0n) is 16.8. The van der Waals surface area contributed by atoms with Gasteiger partial charge in [-0.2, -0.15) is 5.10 Å². The molecular weight excluding hydrogens is 374 g/mol. The second-order valence-corrected chi connectivity index (χ2v) is 7.14. The second kappa shape index (κ2) is 8.17. The van der Waals surface area contributed by atoms with E-state index in [9.17, 15) is 9.59 Å². The van der Waals surface area contributed by atoms with Crippen molar-refractivity contribution in [2.75, 3.05) is 5.32 Å². The van der Waals surface area contributed by atoms with Crippen LogP contribution in [0.25, 0.3) is 22.4 Å². The number of anilines is 1. The first-order valence-electron chi connectivity index (χ1n) is 9.66. The van der Waals surface area contributed by atoms with E-state index in [1.54, 1.807) is 0 Å². The van der Waals surface area contributed by atoms with Crippen molar-refractivity contribution in [1.29, 1.82) is 0 Å². The molecule has 0 radical (unpaired) electrons. The summed E-state index contributed by atoms with van der Waals surface area (Å²) in [6, 6.07) is 24.5. The van der Waals surface area contributed by atoms with Gasteiger partial charge in [0, 0.05) is 16.8 Å². The molecule has 0 fully saturated rings. The first kappa shape index (κ1) is 19.3. The quantitative estimate of drug-likeness (QED) is 0.512. The van der Waals surface area contributed by atoms with Gasteiger partial charge in [0.1, 0.15) is 5.56 Å². The smallest absolute Gasteiger partial charge is 0.277 e. The molecule has 0 saturated heterocycles. The Balaban J connectivity index is 1.89. The minimum Gasteiger partial charge on any atom is -0.322 e. The number of H-pyrrole nitrogens is 1. The summed E-state index contributed by atoms with van der Waals surface area (Å²) in [5.74, 6) is -0.474. The maximum Gasteiger partial charge on any atom is 0.277 e. The standard InChI is InChI=1S/C25H21N3O2/c1-16-13-14-20(15-17(16)2)26-24(29)22-21(18-9-5-3-6-10-18)23(27-28-25(22)30)19-11-7-4-8-12-19/h3-15H,1-2H3,(H,26,29)(H,28,30). The first-order chi connectivity index (χ1) is 14.5. The van der Waals surface area contributed by atoms with Gasteiger partial charge in [0.15, 0.2) is 0 Å². The van der Waals surface area contributed by atoms with Gasteiger partial charge in [-0.25, -0.2) is 5.10 Å². The molecule has 5 heteroatoms. The number of rotatable bonds is 4. The van der Waals surface area contributed by atoms with Crippen LogP contribution < -0.4 is 10.9 Å². The summed E-state index contributed by atoms with van der Waals surface area (Å²) in [6.07, 6.45) is 0. The predicted molar refractivity (Wildman–Crippen MR) is 120 cm³/mol. The molecule has 0 bridgehead atoms. The van der Waals surface area contributed by atoms with E-state index in [1.807, 2.05) is 92.7 Å². The Morgan fingerprint density at radius 1 is 0.833 bits per heavy atom. The lowest BCUT2D eigenvalue weighted by Crippen LogP contribution is -2.26. The number of hydrogen-bond donors (Lipinski definition) is 2. The molecule has 0 aliphatic rings. The highest BCUT2D eigenvalue weighted by molar-refractivity contribution is 6.10. The van der Waals surface area contributed by atoms with Gasteiger partial charge >= 0.3 is 0 Å². The van der Waals surface area contributed by atoms with Crippen molar-refractivity contribution in [2.24, 2.45) is 0 Å². The van der Waals surface area contributed by atoms with E-state index in [1.165, 1.54) is 0 Å². The Hall–Kier alpha value is -3.99. The normalized spacial score (nSPS) is 10.6. The van der Waals surface area contributed by atoms with Crippen LogP contribution in [0.1, 0.15) is 21.5 Å². The summed E-state index contributed by atoms with van der Waals surface area (Å²) in [6.45, 7) is 3.99. The van der Waals surface area contributed by atoms with Crippen LogP contribution in [0.2, 0.25) is 0 Å². The zero-order valence-corrected chi connectivity index (χ0v) is 16.8. The van der Waals surface area contributed by atoms with Crippen LogP contribution in [0.4, 0.5) is 5.69 Å². The number of aromatic amines is 1. The topological polar surface area (TPSA) is 74.8 Å². The first-order valence-corrected chi connectivity index (χ1v) is 9.66. The molecule has 3 aromatic carbocycles. The highest BCUT2D eigenvalue weighted by Gasteiger charge is 2.23. The number of benzene rings is 3. The fourth-order valence-electron chi connectivity index (χ4n) is 3.37. The molecule has 0 saturated carbocycles. The number of hydrogen-bond acceptors (Lipinski definition) is 3. The SMILES string of the molecule is Cc1ccc(NC(=O)c2c(-c3ccccc3)c(-c3ccccc3)n[nH]c2=O)cc1C. The molecule has 30 heavy (non-hydrogen) atoms. The molecule has 0 aliphatic heterocycles. The molecule has 4 rings (SSSR count). The molecule has 148 valence electrons. The number of aryl methyl sites for hydroxylation is 2. The molecular formula is C25H21N3O2. The van der Waals surface area contributed by atoms with E-state index in [2.05, 4.69) is 15.5 Å². The number of nitrogens with zero attached hydrogens (tertiary/aromatic N) is 1. The van der Waals surface area contributed by atoms with Gasteiger partial charge in [-0.05, 0) is 42.7 Å². The number of nitrogens with one attached hydrogen (secondary N) is 2. The molecule has 0 atom stereocenters. The van der Waals surface area contributed by atoms with Crippen molar-refractivity contribution < 1.29 is 4.79 Å². The molecule has 2 N–H and O–H groups in total. The minimum absolute atomic E-state index is 0.0354. The van der Waals surface area contributed by atoms with Crippen molar-refractivity contribution in [3.05, 3.63) is 106 Å². The Kier molecular flexibility index (Phi) is 5.26. The van der Waals surface area contributed by atoms with E-state index in [0.717, 1.165) is 22.3 Å². The van der Waals surface area contributed by atoms with Crippen molar-refractivity contribution in [3.63, 3.8) is 0 Å². The monoisotopic (exact) mass is 395 g/mol. The molecule has 1 heterocycles. The van der Waals surface area contributed by atoms with E-state index < -0.39 is 11.5 Å². The van der Waals surface area contributed by atoms with Gasteiger partial charge in [-0.15, -0.1) is 0 Å². The van der Waals surface area contributed by atoms with Crippen LogP contribution in [-0.2, 0) is 0 Å². The number of aromatic nitrogens is 2. The zero-order chi connectivity index (χ0) is 21.1. The fourth-order valence-corrected chi connectivity index (χ4v) is 3.37. The summed E-state index contributed by atoms with van der Waals surface area (Å²) in [4.78, 5) is 26.0. The second-order valence-electron chi connectivity index (χ2n) is 7.14. The maximum absolute atomic E-state index is 13.2. The lowest BCUT2D eigenvalue weighted by atomic mass is 9.95. The molecule has 1 aromatic heterocycles. The Bertz CT molecular complexity index is 1260. The van der Waals surface area contributed by atoms with E-state index in [4.69, 9.17) is 0 Å². The van der Waals surface area contributed by atoms with Crippen LogP contribution in [0.15, 0.2) is 83.7 Å². The van der Waals surface area contributed by atoms with Gasteiger partial charge < -0.3 is 5.32 Å². The summed E-state index contributed by atoms with van der Waals surface area (Å²) < 4.78 is 0.